The molecular formula is C24H28FN3O3. The van der Waals surface area contributed by atoms with Gasteiger partial charge in [-0.1, -0.05) is 24.3 Å². The Morgan fingerprint density at radius 3 is 2.42 bits per heavy atom. The highest BCUT2D eigenvalue weighted by Crippen LogP contribution is 2.17. The van der Waals surface area contributed by atoms with Gasteiger partial charge >= 0.3 is 0 Å². The van der Waals surface area contributed by atoms with Crippen LogP contribution in [0, 0.1) is 5.82 Å². The Balaban J connectivity index is 1.57. The van der Waals surface area contributed by atoms with Gasteiger partial charge in [0.25, 0.3) is 5.91 Å². The average molecular weight is 426 g/mol. The number of ether oxygens (including phenoxy) is 1. The van der Waals surface area contributed by atoms with Crippen LogP contribution in [0.25, 0.3) is 0 Å². The first-order chi connectivity index (χ1) is 14.9. The highest BCUT2D eigenvalue weighted by Gasteiger charge is 2.17. The van der Waals surface area contributed by atoms with Crippen molar-refractivity contribution in [2.45, 2.75) is 46.4 Å². The second-order valence-electron chi connectivity index (χ2n) is 7.51. The van der Waals surface area contributed by atoms with Gasteiger partial charge in [0.05, 0.1) is 13.2 Å². The molecule has 2 aromatic carbocycles. The van der Waals surface area contributed by atoms with E-state index in [2.05, 4.69) is 29.0 Å². The molecule has 3 rings (SSSR count). The lowest BCUT2D eigenvalue weighted by Crippen LogP contribution is -2.30. The fraction of sp³-hybridized carbons (Fsp3) is 0.333. The summed E-state index contributed by atoms with van der Waals surface area (Å²) < 4.78 is 24.0. The average Bonchev–Trinajstić information content (AvgIpc) is 3.23. The Kier molecular flexibility index (Phi) is 7.78. The second-order valence-corrected chi connectivity index (χ2v) is 7.51. The molecule has 164 valence electrons. The van der Waals surface area contributed by atoms with E-state index in [1.807, 2.05) is 31.2 Å². The van der Waals surface area contributed by atoms with Crippen LogP contribution in [-0.4, -0.2) is 28.4 Å². The maximum Gasteiger partial charge on any atom is 0.273 e. The van der Waals surface area contributed by atoms with Gasteiger partial charge < -0.3 is 14.5 Å². The SMILES string of the molecule is CCOc1ccc(CN(Cc2nc(C(=O)NCc3ccc(F)cc3)co2)C(C)C)cc1. The number of carbonyl (C=O) groups is 1. The normalized spacial score (nSPS) is 11.2. The van der Waals surface area contributed by atoms with Crippen molar-refractivity contribution in [3.63, 3.8) is 0 Å². The maximum absolute atomic E-state index is 13.0. The highest BCUT2D eigenvalue weighted by molar-refractivity contribution is 5.91. The van der Waals surface area contributed by atoms with Crippen LogP contribution in [-0.2, 0) is 19.6 Å². The molecule has 1 heterocycles. The molecule has 0 atom stereocenters. The van der Waals surface area contributed by atoms with Gasteiger partial charge in [-0.05, 0) is 56.2 Å². The molecule has 1 amide bonds. The van der Waals surface area contributed by atoms with Crippen molar-refractivity contribution >= 4 is 5.91 Å². The summed E-state index contributed by atoms with van der Waals surface area (Å²) in [4.78, 5) is 18.9. The minimum atomic E-state index is -0.332. The summed E-state index contributed by atoms with van der Waals surface area (Å²) in [5, 5.41) is 2.77. The fourth-order valence-electron chi connectivity index (χ4n) is 3.05. The molecule has 6 nitrogen and oxygen atoms in total. The van der Waals surface area contributed by atoms with E-state index in [1.54, 1.807) is 12.1 Å². The number of oxazole rings is 1. The summed E-state index contributed by atoms with van der Waals surface area (Å²) in [7, 11) is 0. The monoisotopic (exact) mass is 425 g/mol. The number of benzene rings is 2. The van der Waals surface area contributed by atoms with Gasteiger partial charge in [-0.15, -0.1) is 0 Å². The van der Waals surface area contributed by atoms with Crippen molar-refractivity contribution in [2.75, 3.05) is 6.61 Å². The Bertz CT molecular complexity index is 968. The molecule has 0 saturated heterocycles. The third kappa shape index (κ3) is 6.65. The molecule has 0 bridgehead atoms. The number of aromatic nitrogens is 1. The largest absolute Gasteiger partial charge is 0.494 e. The molecular weight excluding hydrogens is 397 g/mol. The maximum atomic E-state index is 13.0. The van der Waals surface area contributed by atoms with Crippen molar-refractivity contribution in [3.8, 4) is 5.75 Å². The van der Waals surface area contributed by atoms with E-state index >= 15 is 0 Å². The van der Waals surface area contributed by atoms with Crippen LogP contribution in [0.1, 0.15) is 48.3 Å². The van der Waals surface area contributed by atoms with Gasteiger partial charge in [0, 0.05) is 19.1 Å². The molecule has 7 heteroatoms. The minimum Gasteiger partial charge on any atom is -0.494 e. The van der Waals surface area contributed by atoms with Gasteiger partial charge in [-0.3, -0.25) is 9.69 Å². The van der Waals surface area contributed by atoms with Crippen molar-refractivity contribution in [1.29, 1.82) is 0 Å². The van der Waals surface area contributed by atoms with Crippen LogP contribution in [0.4, 0.5) is 4.39 Å². The smallest absolute Gasteiger partial charge is 0.273 e. The summed E-state index contributed by atoms with van der Waals surface area (Å²) in [5.74, 6) is 0.691. The quantitative estimate of drug-likeness (QED) is 0.516. The van der Waals surface area contributed by atoms with Crippen LogP contribution in [0.15, 0.2) is 59.2 Å². The number of hydrogen-bond donors (Lipinski definition) is 1. The predicted octanol–water partition coefficient (Wildman–Crippen LogP) is 4.55. The van der Waals surface area contributed by atoms with E-state index in [4.69, 9.17) is 9.15 Å². The fourth-order valence-corrected chi connectivity index (χ4v) is 3.05. The Hall–Kier alpha value is -3.19. The van der Waals surface area contributed by atoms with Crippen molar-refractivity contribution in [3.05, 3.63) is 83.3 Å². The molecule has 31 heavy (non-hydrogen) atoms. The first-order valence-electron chi connectivity index (χ1n) is 10.4. The predicted molar refractivity (Wildman–Crippen MR) is 116 cm³/mol. The summed E-state index contributed by atoms with van der Waals surface area (Å²) in [6.07, 6.45) is 1.37. The lowest BCUT2D eigenvalue weighted by atomic mass is 10.2. The molecule has 0 aliphatic heterocycles. The standard InChI is InChI=1S/C24H28FN3O3/c1-4-30-21-11-7-19(8-12-21)14-28(17(2)3)15-23-27-22(16-31-23)24(29)26-13-18-5-9-20(25)10-6-18/h5-12,16-17H,4,13-15H2,1-3H3,(H,26,29). The van der Waals surface area contributed by atoms with Gasteiger partial charge in [0.1, 0.15) is 17.8 Å². The van der Waals surface area contributed by atoms with Crippen LogP contribution in [0.5, 0.6) is 5.75 Å². The van der Waals surface area contributed by atoms with Crippen molar-refractivity contribution in [1.82, 2.24) is 15.2 Å². The van der Waals surface area contributed by atoms with E-state index in [0.29, 0.717) is 19.0 Å². The summed E-state index contributed by atoms with van der Waals surface area (Å²) in [6, 6.07) is 14.3. The zero-order valence-corrected chi connectivity index (χ0v) is 18.1. The van der Waals surface area contributed by atoms with Crippen LogP contribution in [0.2, 0.25) is 0 Å². The molecule has 0 saturated carbocycles. The molecule has 0 spiro atoms. The van der Waals surface area contributed by atoms with E-state index in [-0.39, 0.29) is 30.0 Å². The molecule has 3 aromatic rings. The van der Waals surface area contributed by atoms with Gasteiger partial charge in [-0.25, -0.2) is 9.37 Å². The van der Waals surface area contributed by atoms with Crippen molar-refractivity contribution < 1.29 is 18.3 Å². The van der Waals surface area contributed by atoms with Crippen LogP contribution >= 0.6 is 0 Å². The van der Waals surface area contributed by atoms with Crippen molar-refractivity contribution in [2.24, 2.45) is 0 Å². The molecule has 0 aliphatic carbocycles. The zero-order valence-electron chi connectivity index (χ0n) is 18.1. The van der Waals surface area contributed by atoms with Crippen LogP contribution in [0.3, 0.4) is 0 Å². The summed E-state index contributed by atoms with van der Waals surface area (Å²) in [5.41, 5.74) is 2.18. The number of nitrogens with one attached hydrogen (secondary N) is 1. The van der Waals surface area contributed by atoms with Gasteiger partial charge in [0.2, 0.25) is 5.89 Å². The third-order valence-corrected chi connectivity index (χ3v) is 4.84. The number of rotatable bonds is 10. The molecule has 0 fully saturated rings. The molecule has 0 unspecified atom stereocenters. The lowest BCUT2D eigenvalue weighted by Gasteiger charge is -2.25. The first kappa shape index (κ1) is 22.5. The topological polar surface area (TPSA) is 67.6 Å². The second kappa shape index (κ2) is 10.7. The molecule has 1 N–H and O–H groups in total. The number of hydrogen-bond acceptors (Lipinski definition) is 5. The minimum absolute atomic E-state index is 0.224. The summed E-state index contributed by atoms with van der Waals surface area (Å²) in [6.45, 7) is 8.30. The van der Waals surface area contributed by atoms with E-state index in [9.17, 15) is 9.18 Å². The third-order valence-electron chi connectivity index (χ3n) is 4.84. The number of nitrogens with zero attached hydrogens (tertiary/aromatic N) is 2. The van der Waals surface area contributed by atoms with Crippen LogP contribution < -0.4 is 10.1 Å². The molecule has 1 aromatic heterocycles. The Labute approximate surface area is 182 Å². The molecule has 0 aliphatic rings. The van der Waals surface area contributed by atoms with E-state index in [1.165, 1.54) is 18.4 Å². The zero-order chi connectivity index (χ0) is 22.2. The Morgan fingerprint density at radius 2 is 1.77 bits per heavy atom. The van der Waals surface area contributed by atoms with Gasteiger partial charge in [-0.2, -0.15) is 0 Å². The van der Waals surface area contributed by atoms with E-state index < -0.39 is 0 Å². The number of amides is 1. The Morgan fingerprint density at radius 1 is 1.10 bits per heavy atom. The number of carbonyl (C=O) groups excluding carboxylic acids is 1. The lowest BCUT2D eigenvalue weighted by molar-refractivity contribution is 0.0945. The number of halogens is 1. The van der Waals surface area contributed by atoms with Gasteiger partial charge in [0.15, 0.2) is 5.69 Å². The first-order valence-corrected chi connectivity index (χ1v) is 10.4. The summed E-state index contributed by atoms with van der Waals surface area (Å²) >= 11 is 0. The highest BCUT2D eigenvalue weighted by atomic mass is 19.1. The van der Waals surface area contributed by atoms with E-state index in [0.717, 1.165) is 23.4 Å². The molecule has 0 radical (unpaired) electrons.